The van der Waals surface area contributed by atoms with Gasteiger partial charge in [-0.1, -0.05) is 24.3 Å². The molecule has 0 saturated carbocycles. The zero-order valence-corrected chi connectivity index (χ0v) is 23.5. The maximum Gasteiger partial charge on any atom is 0.416 e. The third-order valence-corrected chi connectivity index (χ3v) is 8.33. The first-order valence-electron chi connectivity index (χ1n) is 14.1. The number of anilines is 1. The summed E-state index contributed by atoms with van der Waals surface area (Å²) in [6, 6.07) is 9.31. The number of cyclic esters (lactones) is 1. The third-order valence-electron chi connectivity index (χ3n) is 8.33. The van der Waals surface area contributed by atoms with E-state index in [9.17, 15) is 44.3 Å². The van der Waals surface area contributed by atoms with Crippen LogP contribution in [0, 0.1) is 5.92 Å². The van der Waals surface area contributed by atoms with E-state index < -0.39 is 66.8 Å². The molecule has 2 aromatic carbocycles. The van der Waals surface area contributed by atoms with Gasteiger partial charge in [-0.25, -0.2) is 4.79 Å². The quantitative estimate of drug-likeness (QED) is 0.309. The predicted molar refractivity (Wildman–Crippen MR) is 145 cm³/mol. The summed E-state index contributed by atoms with van der Waals surface area (Å²) in [5, 5.41) is 0. The van der Waals surface area contributed by atoms with Crippen molar-refractivity contribution in [1.29, 1.82) is 0 Å². The van der Waals surface area contributed by atoms with Crippen molar-refractivity contribution in [3.63, 3.8) is 0 Å². The lowest BCUT2D eigenvalue weighted by Gasteiger charge is -2.29. The van der Waals surface area contributed by atoms with Gasteiger partial charge in [0.25, 0.3) is 0 Å². The van der Waals surface area contributed by atoms with Gasteiger partial charge >= 0.3 is 24.6 Å². The Balaban J connectivity index is 1.48. The van der Waals surface area contributed by atoms with Gasteiger partial charge in [-0.3, -0.25) is 4.90 Å². The first-order valence-corrected chi connectivity index (χ1v) is 14.1. The standard InChI is InChI=1S/C31H29F9N2O2/c1-18-27(20-12-23(30(35,36)37)16-24(13-20)31(38,39)40)44-28(43)42(18)17-21-14-22(29(32,33)34)8-9-26(21)19-6-5-7-25(15-19)41-10-3-2-4-11-41/h5-9,12,14-16,18,24,27H,2-4,10-11,13,17H2,1H3/t18-,24?,27-/m0/s1. The van der Waals surface area contributed by atoms with Gasteiger partial charge in [0.2, 0.25) is 0 Å². The molecule has 0 N–H and O–H groups in total. The SMILES string of the molecule is C[C@H]1[C@@H](C2=CC(C(F)(F)F)=CC(C(F)(F)F)C2)OC(=O)N1Cc1cc(C(F)(F)F)ccc1-c1cccc(N2CCCCC2)c1. The van der Waals surface area contributed by atoms with Gasteiger partial charge in [0.15, 0.2) is 0 Å². The molecule has 0 spiro atoms. The first-order chi connectivity index (χ1) is 20.5. The van der Waals surface area contributed by atoms with Crippen LogP contribution in [0.1, 0.15) is 43.7 Å². The molecule has 44 heavy (non-hydrogen) atoms. The van der Waals surface area contributed by atoms with Gasteiger partial charge < -0.3 is 9.64 Å². The molecule has 238 valence electrons. The summed E-state index contributed by atoms with van der Waals surface area (Å²) in [4.78, 5) is 16.2. The number of carbonyl (C=O) groups is 1. The summed E-state index contributed by atoms with van der Waals surface area (Å²) < 4.78 is 128. The average molecular weight is 633 g/mol. The molecule has 2 aromatic rings. The molecule has 1 amide bonds. The van der Waals surface area contributed by atoms with Crippen LogP contribution in [0.3, 0.4) is 0 Å². The molecule has 0 radical (unpaired) electrons. The van der Waals surface area contributed by atoms with Crippen LogP contribution in [0.2, 0.25) is 0 Å². The van der Waals surface area contributed by atoms with E-state index in [1.165, 1.54) is 13.0 Å². The minimum atomic E-state index is -5.07. The van der Waals surface area contributed by atoms with Crippen LogP contribution in [0.5, 0.6) is 0 Å². The summed E-state index contributed by atoms with van der Waals surface area (Å²) >= 11 is 0. The molecule has 0 bridgehead atoms. The van der Waals surface area contributed by atoms with E-state index in [1.54, 1.807) is 12.1 Å². The Morgan fingerprint density at radius 2 is 1.59 bits per heavy atom. The van der Waals surface area contributed by atoms with Crippen molar-refractivity contribution < 1.29 is 49.0 Å². The number of halogens is 9. The van der Waals surface area contributed by atoms with Crippen molar-refractivity contribution in [3.05, 3.63) is 76.9 Å². The Hall–Kier alpha value is -3.64. The molecule has 5 rings (SSSR count). The Kier molecular flexibility index (Phi) is 8.45. The Bertz CT molecular complexity index is 1450. The molecule has 2 fully saturated rings. The molecule has 2 saturated heterocycles. The third kappa shape index (κ3) is 6.71. The van der Waals surface area contributed by atoms with Crippen molar-refractivity contribution >= 4 is 11.8 Å². The van der Waals surface area contributed by atoms with Crippen molar-refractivity contribution in [3.8, 4) is 11.1 Å². The van der Waals surface area contributed by atoms with Crippen molar-refractivity contribution in [2.24, 2.45) is 5.92 Å². The van der Waals surface area contributed by atoms with Crippen LogP contribution in [-0.2, 0) is 17.5 Å². The second-order valence-corrected chi connectivity index (χ2v) is 11.3. The molecule has 2 heterocycles. The highest BCUT2D eigenvalue weighted by Gasteiger charge is 2.48. The second-order valence-electron chi connectivity index (χ2n) is 11.3. The number of alkyl halides is 9. The van der Waals surface area contributed by atoms with Crippen LogP contribution in [-0.4, -0.2) is 48.6 Å². The highest BCUT2D eigenvalue weighted by molar-refractivity contribution is 5.75. The normalized spacial score (nSPS) is 23.4. The maximum absolute atomic E-state index is 13.7. The monoisotopic (exact) mass is 632 g/mol. The maximum atomic E-state index is 13.7. The summed E-state index contributed by atoms with van der Waals surface area (Å²) in [5.74, 6) is -2.44. The van der Waals surface area contributed by atoms with Crippen LogP contribution >= 0.6 is 0 Å². The fraction of sp³-hybridized carbons (Fsp3) is 0.452. The highest BCUT2D eigenvalue weighted by Crippen LogP contribution is 2.44. The van der Waals surface area contributed by atoms with E-state index in [-0.39, 0.29) is 17.2 Å². The molecular formula is C31H29F9N2O2. The lowest BCUT2D eigenvalue weighted by molar-refractivity contribution is -0.163. The summed E-state index contributed by atoms with van der Waals surface area (Å²) in [7, 11) is 0. The topological polar surface area (TPSA) is 32.8 Å². The van der Waals surface area contributed by atoms with Crippen molar-refractivity contribution in [1.82, 2.24) is 4.90 Å². The fourth-order valence-electron chi connectivity index (χ4n) is 6.01. The molecule has 4 nitrogen and oxygen atoms in total. The highest BCUT2D eigenvalue weighted by atomic mass is 19.4. The van der Waals surface area contributed by atoms with E-state index in [2.05, 4.69) is 4.90 Å². The largest absolute Gasteiger partial charge is 0.439 e. The Labute approximate surface area is 247 Å². The molecule has 1 unspecified atom stereocenters. The summed E-state index contributed by atoms with van der Waals surface area (Å²) in [6.07, 6.45) is -14.3. The van der Waals surface area contributed by atoms with Gasteiger partial charge in [0, 0.05) is 18.8 Å². The number of carbonyl (C=O) groups excluding carboxylic acids is 1. The van der Waals surface area contributed by atoms with E-state index in [4.69, 9.17) is 4.74 Å². The second kappa shape index (κ2) is 11.7. The number of hydrogen-bond acceptors (Lipinski definition) is 3. The summed E-state index contributed by atoms with van der Waals surface area (Å²) in [6.45, 7) is 2.63. The van der Waals surface area contributed by atoms with Gasteiger partial charge in [0.05, 0.1) is 29.6 Å². The minimum Gasteiger partial charge on any atom is -0.439 e. The van der Waals surface area contributed by atoms with Crippen molar-refractivity contribution in [2.75, 3.05) is 18.0 Å². The molecule has 13 heteroatoms. The van der Waals surface area contributed by atoms with Crippen LogP contribution in [0.15, 0.2) is 65.8 Å². The molecule has 2 aliphatic heterocycles. The zero-order valence-electron chi connectivity index (χ0n) is 23.5. The van der Waals surface area contributed by atoms with E-state index in [0.29, 0.717) is 17.2 Å². The molecule has 1 aliphatic carbocycles. The number of allylic oxidation sites excluding steroid dienone is 3. The molecular weight excluding hydrogens is 603 g/mol. The number of hydrogen-bond donors (Lipinski definition) is 0. The van der Waals surface area contributed by atoms with Crippen LogP contribution in [0.25, 0.3) is 11.1 Å². The number of rotatable bonds is 5. The van der Waals surface area contributed by atoms with E-state index >= 15 is 0 Å². The number of amides is 1. The van der Waals surface area contributed by atoms with Gasteiger partial charge in [-0.15, -0.1) is 0 Å². The van der Waals surface area contributed by atoms with E-state index in [0.717, 1.165) is 55.1 Å². The molecule has 3 aliphatic rings. The van der Waals surface area contributed by atoms with Crippen molar-refractivity contribution in [2.45, 2.75) is 69.8 Å². The first kappa shape index (κ1) is 31.8. The number of benzene rings is 2. The summed E-state index contributed by atoms with van der Waals surface area (Å²) in [5.41, 5.74) is -0.863. The lowest BCUT2D eigenvalue weighted by atomic mass is 9.85. The smallest absolute Gasteiger partial charge is 0.416 e. The van der Waals surface area contributed by atoms with Gasteiger partial charge in [-0.2, -0.15) is 39.5 Å². The lowest BCUT2D eigenvalue weighted by Crippen LogP contribution is -2.36. The number of ether oxygens (including phenoxy) is 1. The predicted octanol–water partition coefficient (Wildman–Crippen LogP) is 9.07. The Morgan fingerprint density at radius 3 is 2.23 bits per heavy atom. The van der Waals surface area contributed by atoms with Gasteiger partial charge in [0.1, 0.15) is 6.10 Å². The molecule has 0 aromatic heterocycles. The minimum absolute atomic E-state index is 0.0988. The van der Waals surface area contributed by atoms with Gasteiger partial charge in [-0.05, 0) is 85.2 Å². The number of piperidine rings is 1. The number of nitrogens with zero attached hydrogens (tertiary/aromatic N) is 2. The zero-order chi connectivity index (χ0) is 32.0. The van der Waals surface area contributed by atoms with Crippen LogP contribution in [0.4, 0.5) is 50.0 Å². The van der Waals surface area contributed by atoms with Crippen LogP contribution < -0.4 is 4.90 Å². The van der Waals surface area contributed by atoms with E-state index in [1.807, 2.05) is 12.1 Å². The Morgan fingerprint density at radius 1 is 0.886 bits per heavy atom. The molecule has 3 atom stereocenters. The average Bonchev–Trinajstić information content (AvgIpc) is 3.24. The fourth-order valence-corrected chi connectivity index (χ4v) is 6.01.